The molecule has 0 aliphatic heterocycles. The van der Waals surface area contributed by atoms with Crippen molar-refractivity contribution in [2.75, 3.05) is 5.75 Å². The van der Waals surface area contributed by atoms with Gasteiger partial charge in [0, 0.05) is 15.4 Å². The number of benzene rings is 1. The smallest absolute Gasteiger partial charge is 0.423 e. The van der Waals surface area contributed by atoms with Crippen molar-refractivity contribution in [1.82, 2.24) is 0 Å². The van der Waals surface area contributed by atoms with E-state index in [-0.39, 0.29) is 20.4 Å². The summed E-state index contributed by atoms with van der Waals surface area (Å²) in [5.41, 5.74) is -0.0826. The lowest BCUT2D eigenvalue weighted by molar-refractivity contribution is -0.105. The van der Waals surface area contributed by atoms with Gasteiger partial charge in [-0.05, 0) is 12.1 Å². The summed E-state index contributed by atoms with van der Waals surface area (Å²) < 4.78 is 36.1. The summed E-state index contributed by atoms with van der Waals surface area (Å²) in [6.45, 7) is 0. The second kappa shape index (κ2) is 5.71. The Hall–Kier alpha value is -0.0751. The highest BCUT2D eigenvalue weighted by molar-refractivity contribution is 7.99. The SMILES string of the molecule is OB(O)c1cc(SCC(F)(F)F)c(Cl)cc1Cl. The van der Waals surface area contributed by atoms with Crippen molar-refractivity contribution < 1.29 is 23.2 Å². The maximum absolute atomic E-state index is 12.0. The molecule has 0 atom stereocenters. The normalized spacial score (nSPS) is 11.7. The summed E-state index contributed by atoms with van der Waals surface area (Å²) in [6, 6.07) is 2.31. The van der Waals surface area contributed by atoms with Crippen molar-refractivity contribution in [3.8, 4) is 0 Å². The summed E-state index contributed by atoms with van der Waals surface area (Å²) in [5.74, 6) is -1.12. The van der Waals surface area contributed by atoms with E-state index in [4.69, 9.17) is 33.2 Å². The molecule has 0 saturated heterocycles. The van der Waals surface area contributed by atoms with Gasteiger partial charge in [-0.2, -0.15) is 13.2 Å². The van der Waals surface area contributed by atoms with Gasteiger partial charge in [0.15, 0.2) is 0 Å². The Morgan fingerprint density at radius 1 is 1.18 bits per heavy atom. The van der Waals surface area contributed by atoms with Crippen LogP contribution in [0.1, 0.15) is 0 Å². The first-order valence-electron chi connectivity index (χ1n) is 4.25. The number of rotatable bonds is 3. The van der Waals surface area contributed by atoms with E-state index in [1.807, 2.05) is 0 Å². The van der Waals surface area contributed by atoms with Crippen molar-refractivity contribution >= 4 is 47.5 Å². The van der Waals surface area contributed by atoms with Gasteiger partial charge in [-0.25, -0.2) is 0 Å². The molecule has 0 spiro atoms. The monoisotopic (exact) mass is 304 g/mol. The number of hydrogen-bond acceptors (Lipinski definition) is 3. The van der Waals surface area contributed by atoms with Crippen LogP contribution in [0.2, 0.25) is 10.0 Å². The zero-order valence-electron chi connectivity index (χ0n) is 8.13. The highest BCUT2D eigenvalue weighted by atomic mass is 35.5. The maximum atomic E-state index is 12.0. The molecule has 0 bridgehead atoms. The maximum Gasteiger partial charge on any atom is 0.489 e. The molecule has 1 aromatic carbocycles. The molecule has 1 rings (SSSR count). The lowest BCUT2D eigenvalue weighted by Crippen LogP contribution is -2.31. The van der Waals surface area contributed by atoms with Crippen LogP contribution in [-0.4, -0.2) is 29.1 Å². The van der Waals surface area contributed by atoms with E-state index in [0.717, 1.165) is 6.07 Å². The largest absolute Gasteiger partial charge is 0.489 e. The third kappa shape index (κ3) is 4.59. The van der Waals surface area contributed by atoms with Gasteiger partial charge in [0.1, 0.15) is 0 Å². The molecule has 0 fully saturated rings. The van der Waals surface area contributed by atoms with Crippen molar-refractivity contribution in [2.24, 2.45) is 0 Å². The molecule has 0 aliphatic carbocycles. The summed E-state index contributed by atoms with van der Waals surface area (Å²) in [7, 11) is -1.86. The van der Waals surface area contributed by atoms with Gasteiger partial charge >= 0.3 is 13.3 Å². The fourth-order valence-electron chi connectivity index (χ4n) is 1.01. The molecule has 2 nitrogen and oxygen atoms in total. The molecule has 17 heavy (non-hydrogen) atoms. The third-order valence-corrected chi connectivity index (χ3v) is 3.59. The number of hydrogen-bond donors (Lipinski definition) is 2. The molecule has 0 saturated carbocycles. The van der Waals surface area contributed by atoms with Crippen molar-refractivity contribution in [2.45, 2.75) is 11.1 Å². The molecule has 0 aliphatic rings. The Balaban J connectivity index is 2.96. The molecule has 94 valence electrons. The van der Waals surface area contributed by atoms with Crippen LogP contribution in [0.4, 0.5) is 13.2 Å². The summed E-state index contributed by atoms with van der Waals surface area (Å²) in [6.07, 6.45) is -4.33. The van der Waals surface area contributed by atoms with Crippen LogP contribution in [-0.2, 0) is 0 Å². The van der Waals surface area contributed by atoms with Crippen LogP contribution in [0.3, 0.4) is 0 Å². The average molecular weight is 305 g/mol. The van der Waals surface area contributed by atoms with Crippen LogP contribution in [0, 0.1) is 0 Å². The predicted octanol–water partition coefficient (Wildman–Crippen LogP) is 2.33. The molecule has 0 amide bonds. The highest BCUT2D eigenvalue weighted by Crippen LogP contribution is 2.32. The van der Waals surface area contributed by atoms with Gasteiger partial charge < -0.3 is 10.0 Å². The summed E-state index contributed by atoms with van der Waals surface area (Å²) in [5, 5.41) is 17.9. The second-order valence-electron chi connectivity index (χ2n) is 3.08. The van der Waals surface area contributed by atoms with Crippen molar-refractivity contribution in [3.05, 3.63) is 22.2 Å². The molecule has 0 unspecified atom stereocenters. The van der Waals surface area contributed by atoms with Crippen LogP contribution in [0.25, 0.3) is 0 Å². The van der Waals surface area contributed by atoms with Crippen molar-refractivity contribution in [1.29, 1.82) is 0 Å². The first kappa shape index (κ1) is 15.0. The third-order valence-electron chi connectivity index (χ3n) is 1.72. The number of thioether (sulfide) groups is 1. The minimum Gasteiger partial charge on any atom is -0.423 e. The molecular weight excluding hydrogens is 299 g/mol. The lowest BCUT2D eigenvalue weighted by Gasteiger charge is -2.10. The highest BCUT2D eigenvalue weighted by Gasteiger charge is 2.28. The van der Waals surface area contributed by atoms with E-state index >= 15 is 0 Å². The van der Waals surface area contributed by atoms with Crippen molar-refractivity contribution in [3.63, 3.8) is 0 Å². The van der Waals surface area contributed by atoms with Gasteiger partial charge in [-0.15, -0.1) is 11.8 Å². The Morgan fingerprint density at radius 3 is 2.24 bits per heavy atom. The van der Waals surface area contributed by atoms with E-state index in [1.165, 1.54) is 6.07 Å². The molecule has 0 radical (unpaired) electrons. The Kier molecular flexibility index (Phi) is 5.03. The standard InChI is InChI=1S/C8H6BCl2F3O2S/c10-5-2-6(11)7(1-4(5)9(15)16)17-3-8(12,13)14/h1-2,15-16H,3H2. The second-order valence-corrected chi connectivity index (χ2v) is 4.91. The Bertz CT molecular complexity index is 414. The predicted molar refractivity (Wildman–Crippen MR) is 63.1 cm³/mol. The van der Waals surface area contributed by atoms with E-state index in [0.29, 0.717) is 11.8 Å². The van der Waals surface area contributed by atoms with Gasteiger partial charge in [-0.1, -0.05) is 23.2 Å². The van der Waals surface area contributed by atoms with E-state index in [2.05, 4.69) is 0 Å². The van der Waals surface area contributed by atoms with E-state index < -0.39 is 19.0 Å². The Labute approximate surface area is 110 Å². The Morgan fingerprint density at radius 2 is 1.76 bits per heavy atom. The van der Waals surface area contributed by atoms with Crippen LogP contribution in [0.5, 0.6) is 0 Å². The van der Waals surface area contributed by atoms with Crippen LogP contribution >= 0.6 is 35.0 Å². The molecular formula is C8H6BCl2F3O2S. The topological polar surface area (TPSA) is 40.5 Å². The first-order chi connectivity index (χ1) is 7.70. The fraction of sp³-hybridized carbons (Fsp3) is 0.250. The van der Waals surface area contributed by atoms with E-state index in [9.17, 15) is 13.2 Å². The van der Waals surface area contributed by atoms with Gasteiger partial charge in [0.25, 0.3) is 0 Å². The summed E-state index contributed by atoms with van der Waals surface area (Å²) in [4.78, 5) is 0.0940. The molecule has 0 heterocycles. The van der Waals surface area contributed by atoms with E-state index in [1.54, 1.807) is 0 Å². The minimum atomic E-state index is -4.33. The fourth-order valence-corrected chi connectivity index (χ4v) is 2.38. The quantitative estimate of drug-likeness (QED) is 0.665. The van der Waals surface area contributed by atoms with Gasteiger partial charge in [0.05, 0.1) is 10.8 Å². The zero-order valence-corrected chi connectivity index (χ0v) is 10.5. The molecule has 9 heteroatoms. The number of alkyl halides is 3. The molecule has 2 N–H and O–H groups in total. The molecule has 0 aromatic heterocycles. The lowest BCUT2D eigenvalue weighted by atomic mass is 9.80. The number of halogens is 5. The first-order valence-corrected chi connectivity index (χ1v) is 5.99. The minimum absolute atomic E-state index is 0.0126. The van der Waals surface area contributed by atoms with Crippen LogP contribution < -0.4 is 5.46 Å². The summed E-state index contributed by atoms with van der Waals surface area (Å²) >= 11 is 11.8. The van der Waals surface area contributed by atoms with Gasteiger partial charge in [-0.3, -0.25) is 0 Å². The zero-order chi connectivity index (χ0) is 13.2. The van der Waals surface area contributed by atoms with Gasteiger partial charge in [0.2, 0.25) is 0 Å². The average Bonchev–Trinajstić information content (AvgIpc) is 2.14. The molecule has 1 aromatic rings. The van der Waals surface area contributed by atoms with Crippen LogP contribution in [0.15, 0.2) is 17.0 Å².